The Balaban J connectivity index is 2.08. The fraction of sp³-hybridized carbons (Fsp3) is 0.273. The van der Waals surface area contributed by atoms with Gasteiger partial charge in [-0.1, -0.05) is 21.1 Å². The Kier molecular flexibility index (Phi) is 3.75. The Morgan fingerprint density at radius 1 is 1.47 bits per heavy atom. The van der Waals surface area contributed by atoms with E-state index in [0.29, 0.717) is 23.0 Å². The zero-order valence-electron chi connectivity index (χ0n) is 9.18. The Labute approximate surface area is 107 Å². The minimum atomic E-state index is -0.0833. The maximum absolute atomic E-state index is 9.19. The highest BCUT2D eigenvalue weighted by atomic mass is 79.9. The molecule has 0 fully saturated rings. The number of aliphatic hydroxyl groups excluding tert-OH is 1. The van der Waals surface area contributed by atoms with E-state index in [9.17, 15) is 5.11 Å². The van der Waals surface area contributed by atoms with Crippen molar-refractivity contribution >= 4 is 15.9 Å². The molecule has 0 bridgehead atoms. The van der Waals surface area contributed by atoms with Crippen LogP contribution in [0, 0.1) is 6.92 Å². The molecule has 1 heterocycles. The van der Waals surface area contributed by atoms with Gasteiger partial charge in [0.25, 0.3) is 0 Å². The number of hydrogen-bond acceptors (Lipinski definition) is 5. The van der Waals surface area contributed by atoms with Gasteiger partial charge in [0.05, 0.1) is 6.61 Å². The average molecular weight is 299 g/mol. The molecule has 0 aliphatic rings. The number of halogens is 1. The van der Waals surface area contributed by atoms with Crippen LogP contribution in [0.4, 0.5) is 0 Å². The lowest BCUT2D eigenvalue weighted by Gasteiger charge is -2.08. The van der Waals surface area contributed by atoms with Crippen molar-refractivity contribution in [2.24, 2.45) is 0 Å². The Bertz CT molecular complexity index is 513. The first-order valence-electron chi connectivity index (χ1n) is 5.00. The lowest BCUT2D eigenvalue weighted by Crippen LogP contribution is -2.00. The molecule has 0 atom stereocenters. The zero-order valence-corrected chi connectivity index (χ0v) is 10.8. The summed E-state index contributed by atoms with van der Waals surface area (Å²) < 4.78 is 11.2. The van der Waals surface area contributed by atoms with Gasteiger partial charge >= 0.3 is 0 Å². The predicted octanol–water partition coefficient (Wildman–Crippen LogP) is 2.21. The van der Waals surface area contributed by atoms with E-state index in [0.717, 1.165) is 4.47 Å². The monoisotopic (exact) mass is 298 g/mol. The van der Waals surface area contributed by atoms with E-state index in [1.165, 1.54) is 0 Å². The van der Waals surface area contributed by atoms with Gasteiger partial charge < -0.3 is 14.4 Å². The van der Waals surface area contributed by atoms with Crippen LogP contribution in [0.1, 0.15) is 17.3 Å². The van der Waals surface area contributed by atoms with Crippen molar-refractivity contribution < 1.29 is 14.4 Å². The highest BCUT2D eigenvalue weighted by Crippen LogP contribution is 2.23. The molecule has 0 amide bonds. The molecule has 0 saturated heterocycles. The van der Waals surface area contributed by atoms with Gasteiger partial charge in [0, 0.05) is 17.0 Å². The van der Waals surface area contributed by atoms with Gasteiger partial charge in [-0.2, -0.15) is 4.98 Å². The largest absolute Gasteiger partial charge is 0.485 e. The van der Waals surface area contributed by atoms with Crippen molar-refractivity contribution in [3.63, 3.8) is 0 Å². The quantitative estimate of drug-likeness (QED) is 0.937. The molecule has 0 aliphatic carbocycles. The normalized spacial score (nSPS) is 10.5. The van der Waals surface area contributed by atoms with Crippen molar-refractivity contribution in [2.45, 2.75) is 20.1 Å². The molecule has 17 heavy (non-hydrogen) atoms. The first kappa shape index (κ1) is 12.1. The molecule has 0 unspecified atom stereocenters. The maximum atomic E-state index is 9.19. The summed E-state index contributed by atoms with van der Waals surface area (Å²) in [6.45, 7) is 1.85. The molecule has 0 saturated carbocycles. The Morgan fingerprint density at radius 3 is 2.94 bits per heavy atom. The summed E-state index contributed by atoms with van der Waals surface area (Å²) in [4.78, 5) is 4.02. The molecule has 0 aliphatic heterocycles. The highest BCUT2D eigenvalue weighted by molar-refractivity contribution is 9.10. The molecular weight excluding hydrogens is 288 g/mol. The lowest BCUT2D eigenvalue weighted by molar-refractivity contribution is 0.253. The summed E-state index contributed by atoms with van der Waals surface area (Å²) in [5.74, 6) is 1.59. The molecular formula is C11H11BrN2O3. The first-order valence-corrected chi connectivity index (χ1v) is 5.79. The number of aliphatic hydroxyl groups is 1. The number of aromatic nitrogens is 2. The molecule has 1 aromatic carbocycles. The summed E-state index contributed by atoms with van der Waals surface area (Å²) in [6, 6.07) is 5.43. The predicted molar refractivity (Wildman–Crippen MR) is 63.4 cm³/mol. The minimum absolute atomic E-state index is 0.0833. The Hall–Kier alpha value is -1.40. The van der Waals surface area contributed by atoms with E-state index in [-0.39, 0.29) is 13.2 Å². The fourth-order valence-corrected chi connectivity index (χ4v) is 1.76. The van der Waals surface area contributed by atoms with E-state index in [2.05, 4.69) is 26.1 Å². The maximum Gasteiger partial charge on any atom is 0.223 e. The summed E-state index contributed by atoms with van der Waals surface area (Å²) >= 11 is 3.33. The number of hydrogen-bond donors (Lipinski definition) is 1. The molecule has 2 aromatic rings. The van der Waals surface area contributed by atoms with Crippen LogP contribution < -0.4 is 4.74 Å². The number of aryl methyl sites for hydroxylation is 1. The second kappa shape index (κ2) is 5.29. The lowest BCUT2D eigenvalue weighted by atomic mass is 10.2. The third-order valence-corrected chi connectivity index (χ3v) is 2.61. The van der Waals surface area contributed by atoms with Crippen molar-refractivity contribution in [1.82, 2.24) is 10.1 Å². The van der Waals surface area contributed by atoms with Crippen LogP contribution in [0.15, 0.2) is 27.2 Å². The van der Waals surface area contributed by atoms with Gasteiger partial charge in [-0.25, -0.2) is 0 Å². The van der Waals surface area contributed by atoms with Gasteiger partial charge in [0.15, 0.2) is 6.61 Å². The number of benzene rings is 1. The molecule has 1 N–H and O–H groups in total. The summed E-state index contributed by atoms with van der Waals surface area (Å²) in [6.07, 6.45) is 0. The number of rotatable bonds is 4. The van der Waals surface area contributed by atoms with Gasteiger partial charge in [0.1, 0.15) is 5.75 Å². The van der Waals surface area contributed by atoms with E-state index < -0.39 is 0 Å². The van der Waals surface area contributed by atoms with Crippen molar-refractivity contribution in [1.29, 1.82) is 0 Å². The average Bonchev–Trinajstić information content (AvgIpc) is 2.73. The number of ether oxygens (including phenoxy) is 1. The summed E-state index contributed by atoms with van der Waals surface area (Å²) in [7, 11) is 0. The highest BCUT2D eigenvalue weighted by Gasteiger charge is 2.07. The second-order valence-corrected chi connectivity index (χ2v) is 4.34. The van der Waals surface area contributed by atoms with Crippen molar-refractivity contribution in [2.75, 3.05) is 0 Å². The fourth-order valence-electron chi connectivity index (χ4n) is 1.35. The van der Waals surface area contributed by atoms with Crippen molar-refractivity contribution in [3.05, 3.63) is 40.0 Å². The van der Waals surface area contributed by atoms with E-state index in [1.54, 1.807) is 19.1 Å². The summed E-state index contributed by atoms with van der Waals surface area (Å²) in [5, 5.41) is 12.9. The van der Waals surface area contributed by atoms with E-state index in [4.69, 9.17) is 9.26 Å². The molecule has 2 rings (SSSR count). The van der Waals surface area contributed by atoms with Gasteiger partial charge in [-0.15, -0.1) is 0 Å². The zero-order chi connectivity index (χ0) is 12.3. The first-order chi connectivity index (χ1) is 8.19. The van der Waals surface area contributed by atoms with Crippen LogP contribution in [0.5, 0.6) is 5.75 Å². The molecule has 0 radical (unpaired) electrons. The van der Waals surface area contributed by atoms with Gasteiger partial charge in [0.2, 0.25) is 11.7 Å². The molecule has 6 heteroatoms. The van der Waals surface area contributed by atoms with E-state index >= 15 is 0 Å². The third-order valence-electron chi connectivity index (χ3n) is 2.12. The summed E-state index contributed by atoms with van der Waals surface area (Å²) in [5.41, 5.74) is 0.708. The van der Waals surface area contributed by atoms with Crippen molar-refractivity contribution in [3.8, 4) is 5.75 Å². The molecule has 90 valence electrons. The third kappa shape index (κ3) is 3.04. The number of nitrogens with zero attached hydrogens (tertiary/aromatic N) is 2. The molecule has 1 aromatic heterocycles. The Morgan fingerprint density at radius 2 is 2.29 bits per heavy atom. The molecule has 0 spiro atoms. The van der Waals surface area contributed by atoms with Crippen LogP contribution in [-0.2, 0) is 13.2 Å². The SMILES string of the molecule is Cc1nc(COc2ccc(Br)cc2CO)no1. The minimum Gasteiger partial charge on any atom is -0.485 e. The smallest absolute Gasteiger partial charge is 0.223 e. The topological polar surface area (TPSA) is 68.4 Å². The van der Waals surface area contributed by atoms with Crippen LogP contribution in [0.25, 0.3) is 0 Å². The van der Waals surface area contributed by atoms with Crippen LogP contribution in [0.2, 0.25) is 0 Å². The molecule has 5 nitrogen and oxygen atoms in total. The second-order valence-electron chi connectivity index (χ2n) is 3.43. The van der Waals surface area contributed by atoms with Gasteiger partial charge in [-0.05, 0) is 18.2 Å². The van der Waals surface area contributed by atoms with Crippen LogP contribution in [0.3, 0.4) is 0 Å². The standard InChI is InChI=1S/C11H11BrN2O3/c1-7-13-11(14-17-7)6-16-10-3-2-9(12)4-8(10)5-15/h2-4,15H,5-6H2,1H3. The van der Waals surface area contributed by atoms with Crippen LogP contribution >= 0.6 is 15.9 Å². The van der Waals surface area contributed by atoms with Gasteiger partial charge in [-0.3, -0.25) is 0 Å². The van der Waals surface area contributed by atoms with E-state index in [1.807, 2.05) is 6.07 Å². The van der Waals surface area contributed by atoms with Crippen LogP contribution in [-0.4, -0.2) is 15.2 Å².